The number of hydrogen-bond donors (Lipinski definition) is 0. The third kappa shape index (κ3) is 3.95. The summed E-state index contributed by atoms with van der Waals surface area (Å²) >= 11 is 0. The van der Waals surface area contributed by atoms with Crippen molar-refractivity contribution in [1.29, 1.82) is 0 Å². The number of hydrogen-bond acceptors (Lipinski definition) is 3. The quantitative estimate of drug-likeness (QED) is 0.761. The molecule has 3 nitrogen and oxygen atoms in total. The van der Waals surface area contributed by atoms with Crippen LogP contribution in [0.15, 0.2) is 24.3 Å². The number of ether oxygens (including phenoxy) is 2. The van der Waals surface area contributed by atoms with Gasteiger partial charge in [0.25, 0.3) is 0 Å². The largest absolute Gasteiger partial charge is 0.497 e. The van der Waals surface area contributed by atoms with Crippen LogP contribution in [0.25, 0.3) is 6.08 Å². The van der Waals surface area contributed by atoms with Crippen LogP contribution in [0.4, 0.5) is 0 Å². The second-order valence-electron chi connectivity index (χ2n) is 3.81. The molecule has 0 radical (unpaired) electrons. The van der Waals surface area contributed by atoms with E-state index >= 15 is 0 Å². The monoisotopic (exact) mass is 221 g/mol. The van der Waals surface area contributed by atoms with Crippen molar-refractivity contribution in [1.82, 2.24) is 4.90 Å². The molecule has 0 fully saturated rings. The first-order valence-corrected chi connectivity index (χ1v) is 5.20. The normalized spacial score (nSPS) is 11.1. The van der Waals surface area contributed by atoms with Crippen molar-refractivity contribution in [2.45, 2.75) is 0 Å². The summed E-state index contributed by atoms with van der Waals surface area (Å²) < 4.78 is 10.4. The Labute approximate surface area is 97.3 Å². The standard InChI is InChI=1S/C13H19NO2/c1-14(2)7-5-6-11-8-12(15-3)10-13(9-11)16-4/h5-6,8-10H,7H2,1-4H3/b6-5+. The first-order chi connectivity index (χ1) is 7.65. The number of rotatable bonds is 5. The van der Waals surface area contributed by atoms with Crippen LogP contribution < -0.4 is 9.47 Å². The fourth-order valence-electron chi connectivity index (χ4n) is 1.33. The molecule has 0 aliphatic rings. The molecule has 0 saturated carbocycles. The number of likely N-dealkylation sites (N-methyl/N-ethyl adjacent to an activating group) is 1. The van der Waals surface area contributed by atoms with Crippen molar-refractivity contribution in [3.05, 3.63) is 29.8 Å². The van der Waals surface area contributed by atoms with Crippen LogP contribution in [-0.2, 0) is 0 Å². The van der Waals surface area contributed by atoms with Crippen molar-refractivity contribution in [3.8, 4) is 11.5 Å². The Morgan fingerprint density at radius 1 is 1.06 bits per heavy atom. The Kier molecular flexibility index (Phi) is 4.86. The molecule has 0 aliphatic carbocycles. The highest BCUT2D eigenvalue weighted by atomic mass is 16.5. The average molecular weight is 221 g/mol. The predicted molar refractivity (Wildman–Crippen MR) is 67.1 cm³/mol. The van der Waals surface area contributed by atoms with Gasteiger partial charge in [0, 0.05) is 12.6 Å². The van der Waals surface area contributed by atoms with E-state index < -0.39 is 0 Å². The van der Waals surface area contributed by atoms with E-state index in [2.05, 4.69) is 17.1 Å². The molecule has 0 bridgehead atoms. The van der Waals surface area contributed by atoms with Gasteiger partial charge in [-0.1, -0.05) is 12.2 Å². The SMILES string of the molecule is COc1cc(/C=C/CN(C)C)cc(OC)c1. The lowest BCUT2D eigenvalue weighted by molar-refractivity contribution is 0.394. The molecule has 88 valence electrons. The molecule has 0 N–H and O–H groups in total. The number of methoxy groups -OCH3 is 2. The lowest BCUT2D eigenvalue weighted by Gasteiger charge is -2.06. The minimum absolute atomic E-state index is 0.809. The van der Waals surface area contributed by atoms with Gasteiger partial charge >= 0.3 is 0 Å². The molecule has 0 amide bonds. The van der Waals surface area contributed by atoms with Crippen LogP contribution in [0, 0.1) is 0 Å². The zero-order valence-electron chi connectivity index (χ0n) is 10.4. The van der Waals surface area contributed by atoms with Gasteiger partial charge < -0.3 is 14.4 Å². The maximum atomic E-state index is 5.20. The van der Waals surface area contributed by atoms with Crippen LogP contribution >= 0.6 is 0 Å². The molecule has 0 heterocycles. The van der Waals surface area contributed by atoms with Gasteiger partial charge in [-0.2, -0.15) is 0 Å². The van der Waals surface area contributed by atoms with Gasteiger partial charge in [-0.05, 0) is 31.8 Å². The van der Waals surface area contributed by atoms with E-state index in [1.54, 1.807) is 14.2 Å². The summed E-state index contributed by atoms with van der Waals surface area (Å²) in [7, 11) is 7.39. The van der Waals surface area contributed by atoms with Crippen molar-refractivity contribution >= 4 is 6.08 Å². The molecule has 0 aromatic heterocycles. The van der Waals surface area contributed by atoms with E-state index in [4.69, 9.17) is 9.47 Å². The van der Waals surface area contributed by atoms with Crippen molar-refractivity contribution in [2.24, 2.45) is 0 Å². The lowest BCUT2D eigenvalue weighted by Crippen LogP contribution is -2.10. The number of nitrogens with zero attached hydrogens (tertiary/aromatic N) is 1. The maximum absolute atomic E-state index is 5.20. The Bertz CT molecular complexity index is 337. The third-order valence-electron chi connectivity index (χ3n) is 2.15. The van der Waals surface area contributed by atoms with Gasteiger partial charge in [0.05, 0.1) is 14.2 Å². The molecule has 1 aromatic carbocycles. The Morgan fingerprint density at radius 3 is 2.06 bits per heavy atom. The van der Waals surface area contributed by atoms with Crippen LogP contribution in [0.3, 0.4) is 0 Å². The first-order valence-electron chi connectivity index (χ1n) is 5.20. The van der Waals surface area contributed by atoms with E-state index in [1.807, 2.05) is 32.3 Å². The van der Waals surface area contributed by atoms with E-state index in [-0.39, 0.29) is 0 Å². The summed E-state index contributed by atoms with van der Waals surface area (Å²) in [6.45, 7) is 0.916. The Hall–Kier alpha value is -1.48. The van der Waals surface area contributed by atoms with Crippen molar-refractivity contribution < 1.29 is 9.47 Å². The predicted octanol–water partition coefficient (Wildman–Crippen LogP) is 2.28. The molecule has 1 rings (SSSR count). The topological polar surface area (TPSA) is 21.7 Å². The zero-order chi connectivity index (χ0) is 12.0. The molecule has 16 heavy (non-hydrogen) atoms. The van der Waals surface area contributed by atoms with Crippen molar-refractivity contribution in [3.63, 3.8) is 0 Å². The summed E-state index contributed by atoms with van der Waals surface area (Å²) in [5.41, 5.74) is 1.08. The van der Waals surface area contributed by atoms with Gasteiger partial charge in [-0.3, -0.25) is 0 Å². The van der Waals surface area contributed by atoms with E-state index in [1.165, 1.54) is 0 Å². The third-order valence-corrected chi connectivity index (χ3v) is 2.15. The Balaban J connectivity index is 2.82. The maximum Gasteiger partial charge on any atom is 0.123 e. The van der Waals surface area contributed by atoms with Gasteiger partial charge in [0.15, 0.2) is 0 Å². The minimum atomic E-state index is 0.809. The molecular weight excluding hydrogens is 202 g/mol. The molecule has 0 aliphatic heterocycles. The molecule has 3 heteroatoms. The zero-order valence-corrected chi connectivity index (χ0v) is 10.4. The van der Waals surface area contributed by atoms with E-state index in [0.717, 1.165) is 23.6 Å². The molecule has 0 atom stereocenters. The summed E-state index contributed by atoms with van der Waals surface area (Å²) in [5, 5.41) is 0. The molecular formula is C13H19NO2. The van der Waals surface area contributed by atoms with Gasteiger partial charge in [-0.15, -0.1) is 0 Å². The molecule has 1 aromatic rings. The fourth-order valence-corrected chi connectivity index (χ4v) is 1.33. The van der Waals surface area contributed by atoms with E-state index in [0.29, 0.717) is 0 Å². The highest BCUT2D eigenvalue weighted by molar-refractivity contribution is 5.55. The lowest BCUT2D eigenvalue weighted by atomic mass is 10.2. The van der Waals surface area contributed by atoms with Crippen LogP contribution in [0.1, 0.15) is 5.56 Å². The Morgan fingerprint density at radius 2 is 1.62 bits per heavy atom. The summed E-state index contributed by atoms with van der Waals surface area (Å²) in [4.78, 5) is 2.11. The van der Waals surface area contributed by atoms with Crippen molar-refractivity contribution in [2.75, 3.05) is 34.9 Å². The van der Waals surface area contributed by atoms with Gasteiger partial charge in [0.2, 0.25) is 0 Å². The highest BCUT2D eigenvalue weighted by Gasteiger charge is 1.98. The average Bonchev–Trinajstić information content (AvgIpc) is 2.28. The minimum Gasteiger partial charge on any atom is -0.497 e. The highest BCUT2D eigenvalue weighted by Crippen LogP contribution is 2.23. The second-order valence-corrected chi connectivity index (χ2v) is 3.81. The molecule has 0 saturated heterocycles. The molecule has 0 unspecified atom stereocenters. The van der Waals surface area contributed by atoms with Crippen LogP contribution in [0.2, 0.25) is 0 Å². The van der Waals surface area contributed by atoms with E-state index in [9.17, 15) is 0 Å². The molecule has 0 spiro atoms. The number of benzene rings is 1. The fraction of sp³-hybridized carbons (Fsp3) is 0.385. The second kappa shape index (κ2) is 6.18. The smallest absolute Gasteiger partial charge is 0.123 e. The van der Waals surface area contributed by atoms with Gasteiger partial charge in [0.1, 0.15) is 11.5 Å². The summed E-state index contributed by atoms with van der Waals surface area (Å²) in [5.74, 6) is 1.62. The van der Waals surface area contributed by atoms with Gasteiger partial charge in [-0.25, -0.2) is 0 Å². The summed E-state index contributed by atoms with van der Waals surface area (Å²) in [6.07, 6.45) is 4.17. The van der Waals surface area contributed by atoms with Crippen LogP contribution in [-0.4, -0.2) is 39.8 Å². The first kappa shape index (κ1) is 12.6. The summed E-state index contributed by atoms with van der Waals surface area (Å²) in [6, 6.07) is 5.83. The van der Waals surface area contributed by atoms with Crippen LogP contribution in [0.5, 0.6) is 11.5 Å².